The molecule has 1 aliphatic heterocycles. The molecule has 2 rings (SSSR count). The van der Waals surface area contributed by atoms with E-state index in [-0.39, 0.29) is 23.9 Å². The molecule has 0 bridgehead atoms. The van der Waals surface area contributed by atoms with Crippen molar-refractivity contribution in [2.45, 2.75) is 38.6 Å². The maximum atomic E-state index is 12.4. The van der Waals surface area contributed by atoms with Crippen LogP contribution in [0.15, 0.2) is 24.3 Å². The molecular formula is C20H32N4O2. The Kier molecular flexibility index (Phi) is 7.03. The Morgan fingerprint density at radius 2 is 1.69 bits per heavy atom. The van der Waals surface area contributed by atoms with Crippen LogP contribution in [-0.4, -0.2) is 55.5 Å². The third-order valence-corrected chi connectivity index (χ3v) is 5.05. The summed E-state index contributed by atoms with van der Waals surface area (Å²) in [6, 6.07) is 8.07. The Bertz CT molecular complexity index is 605. The van der Waals surface area contributed by atoms with Gasteiger partial charge in [0.15, 0.2) is 0 Å². The molecule has 0 aromatic heterocycles. The second-order valence-corrected chi connectivity index (χ2v) is 7.61. The van der Waals surface area contributed by atoms with Gasteiger partial charge in [0.2, 0.25) is 5.91 Å². The molecule has 1 aromatic rings. The molecule has 1 fully saturated rings. The Labute approximate surface area is 156 Å². The van der Waals surface area contributed by atoms with Crippen molar-refractivity contribution in [3.05, 3.63) is 35.4 Å². The fourth-order valence-corrected chi connectivity index (χ4v) is 3.22. The Morgan fingerprint density at radius 1 is 1.15 bits per heavy atom. The van der Waals surface area contributed by atoms with Crippen molar-refractivity contribution in [3.63, 3.8) is 0 Å². The number of benzene rings is 1. The van der Waals surface area contributed by atoms with Crippen LogP contribution in [-0.2, 0) is 4.79 Å². The minimum absolute atomic E-state index is 0.00993. The summed E-state index contributed by atoms with van der Waals surface area (Å²) in [6.45, 7) is 5.99. The number of nitrogens with zero attached hydrogens (tertiary/aromatic N) is 2. The van der Waals surface area contributed by atoms with E-state index >= 15 is 0 Å². The monoisotopic (exact) mass is 360 g/mol. The maximum absolute atomic E-state index is 12.4. The highest BCUT2D eigenvalue weighted by atomic mass is 16.2. The molecule has 1 aliphatic rings. The van der Waals surface area contributed by atoms with Gasteiger partial charge in [-0.15, -0.1) is 0 Å². The minimum Gasteiger partial charge on any atom is -0.354 e. The quantitative estimate of drug-likeness (QED) is 0.846. The Hall–Kier alpha value is -2.08. The van der Waals surface area contributed by atoms with E-state index in [1.54, 1.807) is 23.9 Å². The number of likely N-dealkylation sites (tertiary alicyclic amines) is 1. The van der Waals surface area contributed by atoms with Gasteiger partial charge < -0.3 is 20.9 Å². The molecule has 0 aliphatic carbocycles. The number of carbonyl (C=O) groups is 2. The maximum Gasteiger partial charge on any atom is 0.319 e. The average Bonchev–Trinajstić information content (AvgIpc) is 2.65. The van der Waals surface area contributed by atoms with Crippen LogP contribution in [0.3, 0.4) is 0 Å². The summed E-state index contributed by atoms with van der Waals surface area (Å²) in [5.41, 5.74) is 8.53. The van der Waals surface area contributed by atoms with Crippen molar-refractivity contribution in [3.8, 4) is 0 Å². The first kappa shape index (κ1) is 20.2. The number of nitrogens with one attached hydrogen (secondary N) is 1. The van der Waals surface area contributed by atoms with Gasteiger partial charge in [-0.05, 0) is 29.9 Å². The second-order valence-electron chi connectivity index (χ2n) is 7.61. The van der Waals surface area contributed by atoms with Gasteiger partial charge in [-0.1, -0.05) is 38.1 Å². The van der Waals surface area contributed by atoms with Gasteiger partial charge in [0, 0.05) is 45.7 Å². The van der Waals surface area contributed by atoms with Crippen LogP contribution in [0.5, 0.6) is 0 Å². The number of amides is 3. The van der Waals surface area contributed by atoms with Gasteiger partial charge in [0.1, 0.15) is 0 Å². The molecule has 0 spiro atoms. The van der Waals surface area contributed by atoms with Crippen molar-refractivity contribution >= 4 is 11.9 Å². The fraction of sp³-hybridized carbons (Fsp3) is 0.600. The molecule has 3 N–H and O–H groups in total. The first-order chi connectivity index (χ1) is 12.3. The number of rotatable bonds is 5. The molecule has 1 atom stereocenters. The van der Waals surface area contributed by atoms with Crippen molar-refractivity contribution in [1.29, 1.82) is 0 Å². The van der Waals surface area contributed by atoms with Crippen molar-refractivity contribution < 1.29 is 9.59 Å². The molecule has 1 saturated heterocycles. The normalized spacial score (nSPS) is 16.5. The molecule has 0 saturated carbocycles. The number of hydrogen-bond acceptors (Lipinski definition) is 3. The Balaban J connectivity index is 1.79. The zero-order valence-electron chi connectivity index (χ0n) is 16.4. The summed E-state index contributed by atoms with van der Waals surface area (Å²) < 4.78 is 0. The fourth-order valence-electron chi connectivity index (χ4n) is 3.22. The summed E-state index contributed by atoms with van der Waals surface area (Å²) in [5, 5.41) is 2.98. The second kappa shape index (κ2) is 9.03. The van der Waals surface area contributed by atoms with E-state index < -0.39 is 0 Å². The average molecular weight is 361 g/mol. The van der Waals surface area contributed by atoms with Gasteiger partial charge in [-0.2, -0.15) is 0 Å². The van der Waals surface area contributed by atoms with Crippen LogP contribution in [0, 0.1) is 5.92 Å². The van der Waals surface area contributed by atoms with E-state index in [1.807, 2.05) is 12.1 Å². The van der Waals surface area contributed by atoms with E-state index in [4.69, 9.17) is 5.73 Å². The van der Waals surface area contributed by atoms with E-state index in [1.165, 1.54) is 5.56 Å². The summed E-state index contributed by atoms with van der Waals surface area (Å²) in [7, 11) is 3.49. The summed E-state index contributed by atoms with van der Waals surface area (Å²) in [4.78, 5) is 27.7. The molecule has 6 heteroatoms. The van der Waals surface area contributed by atoms with Crippen LogP contribution < -0.4 is 11.1 Å². The lowest BCUT2D eigenvalue weighted by Gasteiger charge is -2.33. The molecule has 1 heterocycles. The molecule has 144 valence electrons. The lowest BCUT2D eigenvalue weighted by atomic mass is 9.95. The summed E-state index contributed by atoms with van der Waals surface area (Å²) in [5.74, 6) is 0.484. The predicted molar refractivity (Wildman–Crippen MR) is 104 cm³/mol. The Morgan fingerprint density at radius 3 is 2.19 bits per heavy atom. The summed E-state index contributed by atoms with van der Waals surface area (Å²) >= 11 is 0. The lowest BCUT2D eigenvalue weighted by molar-refractivity contribution is -0.126. The van der Waals surface area contributed by atoms with E-state index in [0.29, 0.717) is 38.4 Å². The van der Waals surface area contributed by atoms with E-state index in [9.17, 15) is 9.59 Å². The highest BCUT2D eigenvalue weighted by Gasteiger charge is 2.28. The van der Waals surface area contributed by atoms with Crippen LogP contribution >= 0.6 is 0 Å². The zero-order valence-corrected chi connectivity index (χ0v) is 16.4. The topological polar surface area (TPSA) is 78.7 Å². The van der Waals surface area contributed by atoms with Crippen LogP contribution in [0.4, 0.5) is 4.79 Å². The molecule has 3 amide bonds. The smallest absolute Gasteiger partial charge is 0.319 e. The SMILES string of the molecule is CC(C)c1ccc(C(N)CNC(=O)C2CCN(C(=O)N(C)C)CC2)cc1. The van der Waals surface area contributed by atoms with Crippen LogP contribution in [0.2, 0.25) is 0 Å². The number of nitrogens with two attached hydrogens (primary N) is 1. The predicted octanol–water partition coefficient (Wildman–Crippen LogP) is 2.32. The number of urea groups is 1. The van der Waals surface area contributed by atoms with Crippen LogP contribution in [0.1, 0.15) is 49.8 Å². The zero-order chi connectivity index (χ0) is 19.3. The molecule has 0 radical (unpaired) electrons. The van der Waals surface area contributed by atoms with Gasteiger partial charge in [-0.3, -0.25) is 4.79 Å². The minimum atomic E-state index is -0.212. The molecule has 1 aromatic carbocycles. The molecular weight excluding hydrogens is 328 g/mol. The van der Waals surface area contributed by atoms with Gasteiger partial charge >= 0.3 is 6.03 Å². The van der Waals surface area contributed by atoms with Gasteiger partial charge in [0.25, 0.3) is 0 Å². The van der Waals surface area contributed by atoms with Crippen molar-refractivity contribution in [2.75, 3.05) is 33.7 Å². The molecule has 1 unspecified atom stereocenters. The van der Waals surface area contributed by atoms with Crippen LogP contribution in [0.25, 0.3) is 0 Å². The molecule has 6 nitrogen and oxygen atoms in total. The number of piperidine rings is 1. The van der Waals surface area contributed by atoms with E-state index in [0.717, 1.165) is 5.56 Å². The standard InChI is InChI=1S/C20H32N4O2/c1-14(2)15-5-7-16(8-6-15)18(21)13-22-19(25)17-9-11-24(12-10-17)20(26)23(3)4/h5-8,14,17-18H,9-13,21H2,1-4H3,(H,22,25). The first-order valence-corrected chi connectivity index (χ1v) is 9.39. The van der Waals surface area contributed by atoms with Gasteiger partial charge in [-0.25, -0.2) is 4.79 Å². The number of hydrogen-bond donors (Lipinski definition) is 2. The highest BCUT2D eigenvalue weighted by Crippen LogP contribution is 2.20. The largest absolute Gasteiger partial charge is 0.354 e. The number of carbonyl (C=O) groups excluding carboxylic acids is 2. The van der Waals surface area contributed by atoms with Crippen molar-refractivity contribution in [1.82, 2.24) is 15.1 Å². The van der Waals surface area contributed by atoms with E-state index in [2.05, 4.69) is 31.3 Å². The first-order valence-electron chi connectivity index (χ1n) is 9.39. The third-order valence-electron chi connectivity index (χ3n) is 5.05. The van der Waals surface area contributed by atoms with Crippen molar-refractivity contribution in [2.24, 2.45) is 11.7 Å². The highest BCUT2D eigenvalue weighted by molar-refractivity contribution is 5.79. The lowest BCUT2D eigenvalue weighted by Crippen LogP contribution is -2.47. The summed E-state index contributed by atoms with van der Waals surface area (Å²) in [6.07, 6.45) is 1.40. The van der Waals surface area contributed by atoms with Gasteiger partial charge in [0.05, 0.1) is 0 Å². The molecule has 26 heavy (non-hydrogen) atoms. The third kappa shape index (κ3) is 5.21.